The minimum atomic E-state index is 0.000244. The molecule has 0 spiro atoms. The maximum absolute atomic E-state index is 12.6. The smallest absolute Gasteiger partial charge is 0.222 e. The number of fused-ring (bicyclic) bond motifs is 3. The van der Waals surface area contributed by atoms with E-state index in [1.165, 1.54) is 0 Å². The Morgan fingerprint density at radius 2 is 2.03 bits per heavy atom. The van der Waals surface area contributed by atoms with E-state index in [-0.39, 0.29) is 11.8 Å². The number of unbranched alkanes of at least 4 members (excludes halogenated alkanes) is 1. The Balaban J connectivity index is 1.73. The van der Waals surface area contributed by atoms with Crippen molar-refractivity contribution in [2.24, 2.45) is 5.92 Å². The van der Waals surface area contributed by atoms with Gasteiger partial charge in [-0.2, -0.15) is 0 Å². The van der Waals surface area contributed by atoms with Gasteiger partial charge < -0.3 is 25.3 Å². The van der Waals surface area contributed by atoms with Crippen molar-refractivity contribution in [3.63, 3.8) is 0 Å². The van der Waals surface area contributed by atoms with Gasteiger partial charge in [-0.25, -0.2) is 9.97 Å². The van der Waals surface area contributed by atoms with Crippen molar-refractivity contribution in [3.05, 3.63) is 30.1 Å². The number of hydrogen-bond acceptors (Lipinski definition) is 6. The first-order valence-electron chi connectivity index (χ1n) is 11.5. The lowest BCUT2D eigenvalue weighted by Crippen LogP contribution is -2.32. The van der Waals surface area contributed by atoms with Crippen molar-refractivity contribution < 1.29 is 9.53 Å². The first kappa shape index (κ1) is 23.9. The number of nitrogen functional groups attached to an aromatic ring is 1. The number of imidazole rings is 1. The highest BCUT2D eigenvalue weighted by molar-refractivity contribution is 6.06. The molecule has 1 amide bonds. The SMILES string of the molecule is CCOCc1nc2c(N)nc3ccccc3c2n1CCNC(=O)[C@@H](C)CCCCN(C)C. The van der Waals surface area contributed by atoms with Gasteiger partial charge in [0.1, 0.15) is 17.9 Å². The summed E-state index contributed by atoms with van der Waals surface area (Å²) >= 11 is 0. The number of nitrogens with one attached hydrogen (secondary N) is 1. The number of pyridine rings is 1. The molecule has 0 aliphatic heterocycles. The maximum Gasteiger partial charge on any atom is 0.222 e. The molecule has 0 saturated carbocycles. The predicted octanol–water partition coefficient (Wildman–Crippen LogP) is 3.19. The maximum atomic E-state index is 12.6. The number of hydrogen-bond donors (Lipinski definition) is 2. The third kappa shape index (κ3) is 5.75. The Kier molecular flexibility index (Phi) is 8.41. The van der Waals surface area contributed by atoms with Crippen molar-refractivity contribution in [3.8, 4) is 0 Å². The molecule has 0 bridgehead atoms. The van der Waals surface area contributed by atoms with E-state index in [2.05, 4.69) is 33.9 Å². The number of nitrogens with zero attached hydrogens (tertiary/aromatic N) is 4. The number of anilines is 1. The minimum absolute atomic E-state index is 0.000244. The van der Waals surface area contributed by atoms with Gasteiger partial charge >= 0.3 is 0 Å². The molecule has 8 heteroatoms. The van der Waals surface area contributed by atoms with E-state index in [4.69, 9.17) is 15.5 Å². The third-order valence-electron chi connectivity index (χ3n) is 5.70. The van der Waals surface area contributed by atoms with E-state index in [1.54, 1.807) is 0 Å². The van der Waals surface area contributed by atoms with E-state index in [9.17, 15) is 4.79 Å². The first-order chi connectivity index (χ1) is 15.4. The average Bonchev–Trinajstić information content (AvgIpc) is 3.14. The normalized spacial score (nSPS) is 12.7. The average molecular weight is 441 g/mol. The third-order valence-corrected chi connectivity index (χ3v) is 5.70. The molecule has 0 fully saturated rings. The van der Waals surface area contributed by atoms with Gasteiger partial charge in [0.25, 0.3) is 0 Å². The van der Waals surface area contributed by atoms with E-state index >= 15 is 0 Å². The number of carbonyl (C=O) groups excluding carboxylic acids is 1. The van der Waals surface area contributed by atoms with Crippen LogP contribution < -0.4 is 11.1 Å². The van der Waals surface area contributed by atoms with Crippen LogP contribution in [-0.4, -0.2) is 59.1 Å². The van der Waals surface area contributed by atoms with Crippen LogP contribution in [0, 0.1) is 5.92 Å². The number of ether oxygens (including phenoxy) is 1. The van der Waals surface area contributed by atoms with Crippen LogP contribution in [0.4, 0.5) is 5.82 Å². The Morgan fingerprint density at radius 1 is 1.25 bits per heavy atom. The van der Waals surface area contributed by atoms with Crippen LogP contribution in [0.2, 0.25) is 0 Å². The van der Waals surface area contributed by atoms with Crippen molar-refractivity contribution >= 4 is 33.7 Å². The summed E-state index contributed by atoms with van der Waals surface area (Å²) < 4.78 is 7.75. The summed E-state index contributed by atoms with van der Waals surface area (Å²) in [4.78, 5) is 24.0. The van der Waals surface area contributed by atoms with E-state index in [0.717, 1.165) is 48.1 Å². The molecule has 3 N–H and O–H groups in total. The zero-order valence-corrected chi connectivity index (χ0v) is 19.7. The van der Waals surface area contributed by atoms with Gasteiger partial charge in [-0.15, -0.1) is 0 Å². The monoisotopic (exact) mass is 440 g/mol. The summed E-state index contributed by atoms with van der Waals surface area (Å²) in [5.41, 5.74) is 8.67. The second-order valence-corrected chi connectivity index (χ2v) is 8.52. The molecule has 0 radical (unpaired) electrons. The van der Waals surface area contributed by atoms with Crippen molar-refractivity contribution in [1.29, 1.82) is 0 Å². The van der Waals surface area contributed by atoms with Crippen LogP contribution in [0.1, 0.15) is 38.9 Å². The van der Waals surface area contributed by atoms with Gasteiger partial charge in [0, 0.05) is 31.0 Å². The van der Waals surface area contributed by atoms with Crippen molar-refractivity contribution in [2.75, 3.05) is 39.5 Å². The molecule has 2 aromatic heterocycles. The van der Waals surface area contributed by atoms with Gasteiger partial charge in [0.05, 0.1) is 11.0 Å². The van der Waals surface area contributed by atoms with Gasteiger partial charge in [-0.3, -0.25) is 4.79 Å². The van der Waals surface area contributed by atoms with Crippen LogP contribution in [0.25, 0.3) is 21.9 Å². The van der Waals surface area contributed by atoms with Gasteiger partial charge in [0.15, 0.2) is 5.82 Å². The molecule has 0 aliphatic carbocycles. The molecule has 8 nitrogen and oxygen atoms in total. The number of aromatic nitrogens is 3. The number of amides is 1. The number of para-hydroxylation sites is 1. The second-order valence-electron chi connectivity index (χ2n) is 8.52. The zero-order valence-electron chi connectivity index (χ0n) is 19.7. The molecular weight excluding hydrogens is 404 g/mol. The Bertz CT molecular complexity index is 1050. The highest BCUT2D eigenvalue weighted by Gasteiger charge is 2.18. The fraction of sp³-hybridized carbons (Fsp3) is 0.542. The van der Waals surface area contributed by atoms with Gasteiger partial charge in [-0.05, 0) is 46.5 Å². The summed E-state index contributed by atoms with van der Waals surface area (Å²) in [5, 5.41) is 4.09. The highest BCUT2D eigenvalue weighted by Crippen LogP contribution is 2.29. The Labute approximate surface area is 190 Å². The fourth-order valence-corrected chi connectivity index (χ4v) is 3.92. The molecule has 0 aliphatic rings. The lowest BCUT2D eigenvalue weighted by atomic mass is 10.0. The molecule has 32 heavy (non-hydrogen) atoms. The standard InChI is InChI=1S/C24H36N6O2/c1-5-32-16-20-28-21-22(18-11-6-7-12-19(18)27-23(21)25)30(20)15-13-26-24(31)17(2)10-8-9-14-29(3)4/h6-7,11-12,17H,5,8-10,13-16H2,1-4H3,(H2,25,27)(H,26,31)/t17-/m0/s1. The molecule has 2 heterocycles. The zero-order chi connectivity index (χ0) is 23.1. The minimum Gasteiger partial charge on any atom is -0.382 e. The van der Waals surface area contributed by atoms with Gasteiger partial charge in [0.2, 0.25) is 5.91 Å². The number of carbonyl (C=O) groups is 1. The predicted molar refractivity (Wildman–Crippen MR) is 129 cm³/mol. The fourth-order valence-electron chi connectivity index (χ4n) is 3.92. The quantitative estimate of drug-likeness (QED) is 0.420. The number of rotatable bonds is 12. The Morgan fingerprint density at radius 3 is 2.78 bits per heavy atom. The van der Waals surface area contributed by atoms with Gasteiger partial charge in [-0.1, -0.05) is 31.5 Å². The van der Waals surface area contributed by atoms with Crippen LogP contribution in [-0.2, 0) is 22.7 Å². The summed E-state index contributed by atoms with van der Waals surface area (Å²) in [6.07, 6.45) is 3.06. The van der Waals surface area contributed by atoms with Crippen LogP contribution in [0.15, 0.2) is 24.3 Å². The van der Waals surface area contributed by atoms with E-state index < -0.39 is 0 Å². The summed E-state index contributed by atoms with van der Waals surface area (Å²) in [5.74, 6) is 1.29. The highest BCUT2D eigenvalue weighted by atomic mass is 16.5. The van der Waals surface area contributed by atoms with Crippen LogP contribution >= 0.6 is 0 Å². The molecule has 174 valence electrons. The second kappa shape index (κ2) is 11.2. The topological polar surface area (TPSA) is 98.3 Å². The van der Waals surface area contributed by atoms with Crippen LogP contribution in [0.3, 0.4) is 0 Å². The lowest BCUT2D eigenvalue weighted by molar-refractivity contribution is -0.124. The van der Waals surface area contributed by atoms with E-state index in [1.807, 2.05) is 38.1 Å². The van der Waals surface area contributed by atoms with Crippen molar-refractivity contribution in [1.82, 2.24) is 24.8 Å². The lowest BCUT2D eigenvalue weighted by Gasteiger charge is -2.15. The molecule has 1 aromatic carbocycles. The summed E-state index contributed by atoms with van der Waals surface area (Å²) in [7, 11) is 4.14. The largest absolute Gasteiger partial charge is 0.382 e. The number of benzene rings is 1. The molecule has 3 rings (SSSR count). The van der Waals surface area contributed by atoms with Crippen LogP contribution in [0.5, 0.6) is 0 Å². The number of nitrogens with two attached hydrogens (primary N) is 1. The molecule has 1 atom stereocenters. The van der Waals surface area contributed by atoms with E-state index in [0.29, 0.717) is 37.6 Å². The Hall–Kier alpha value is -2.71. The molecular formula is C24H36N6O2. The summed E-state index contributed by atoms with van der Waals surface area (Å²) in [6.45, 7) is 7.09. The molecule has 0 unspecified atom stereocenters. The molecule has 0 saturated heterocycles. The van der Waals surface area contributed by atoms with Crippen molar-refractivity contribution in [2.45, 2.75) is 46.3 Å². The first-order valence-corrected chi connectivity index (χ1v) is 11.5. The molecule has 3 aromatic rings. The summed E-state index contributed by atoms with van der Waals surface area (Å²) in [6, 6.07) is 7.91.